The SMILES string of the molecule is Cc1cnc(Cn2cc(C#CCCCNCC(C)C)c3c(Cl)nc(N)nc32)c(C)c1I. The minimum absolute atomic E-state index is 0.149. The van der Waals surface area contributed by atoms with E-state index < -0.39 is 0 Å². The van der Waals surface area contributed by atoms with Crippen LogP contribution in [-0.2, 0) is 6.54 Å². The lowest BCUT2D eigenvalue weighted by Gasteiger charge is -2.10. The molecule has 3 rings (SSSR count). The zero-order chi connectivity index (χ0) is 22.5. The first-order valence-corrected chi connectivity index (χ1v) is 11.9. The van der Waals surface area contributed by atoms with Crippen molar-refractivity contribution < 1.29 is 0 Å². The number of hydrogen-bond donors (Lipinski definition) is 2. The number of rotatable bonds is 7. The van der Waals surface area contributed by atoms with Crippen LogP contribution in [0.25, 0.3) is 11.0 Å². The molecule has 0 bridgehead atoms. The Labute approximate surface area is 202 Å². The minimum atomic E-state index is 0.149. The number of hydrogen-bond acceptors (Lipinski definition) is 5. The topological polar surface area (TPSA) is 81.7 Å². The fraction of sp³-hybridized carbons (Fsp3) is 0.435. The fourth-order valence-corrected chi connectivity index (χ4v) is 4.02. The van der Waals surface area contributed by atoms with Gasteiger partial charge in [-0.2, -0.15) is 4.98 Å². The molecule has 6 nitrogen and oxygen atoms in total. The number of nitrogens with one attached hydrogen (secondary N) is 1. The highest BCUT2D eigenvalue weighted by molar-refractivity contribution is 14.1. The van der Waals surface area contributed by atoms with E-state index in [1.807, 2.05) is 17.0 Å². The van der Waals surface area contributed by atoms with Crippen LogP contribution in [0.4, 0.5) is 5.95 Å². The number of aryl methyl sites for hydroxylation is 1. The Morgan fingerprint density at radius 2 is 2.06 bits per heavy atom. The molecule has 0 aliphatic carbocycles. The van der Waals surface area contributed by atoms with Crippen LogP contribution in [0.2, 0.25) is 5.15 Å². The van der Waals surface area contributed by atoms with Crippen molar-refractivity contribution in [3.8, 4) is 11.8 Å². The third-order valence-corrected chi connectivity index (χ3v) is 6.90. The predicted octanol–water partition coefficient (Wildman–Crippen LogP) is 4.71. The van der Waals surface area contributed by atoms with E-state index in [2.05, 4.69) is 82.4 Å². The van der Waals surface area contributed by atoms with Crippen molar-refractivity contribution in [2.75, 3.05) is 18.8 Å². The van der Waals surface area contributed by atoms with Crippen molar-refractivity contribution in [3.05, 3.63) is 43.5 Å². The lowest BCUT2D eigenvalue weighted by atomic mass is 10.1. The Balaban J connectivity index is 1.87. The molecule has 0 spiro atoms. The molecule has 0 unspecified atom stereocenters. The van der Waals surface area contributed by atoms with Gasteiger partial charge in [0.15, 0.2) is 0 Å². The third kappa shape index (κ3) is 5.88. The minimum Gasteiger partial charge on any atom is -0.368 e. The highest BCUT2D eigenvalue weighted by Crippen LogP contribution is 2.28. The van der Waals surface area contributed by atoms with Gasteiger partial charge in [0, 0.05) is 22.4 Å². The maximum atomic E-state index is 6.43. The van der Waals surface area contributed by atoms with E-state index in [9.17, 15) is 0 Å². The summed E-state index contributed by atoms with van der Waals surface area (Å²) in [5.74, 6) is 7.33. The first-order valence-electron chi connectivity index (χ1n) is 10.4. The van der Waals surface area contributed by atoms with E-state index in [1.165, 1.54) is 9.13 Å². The molecule has 0 aliphatic rings. The zero-order valence-corrected chi connectivity index (χ0v) is 21.3. The average molecular weight is 551 g/mol. The third-order valence-electron chi connectivity index (χ3n) is 4.96. The van der Waals surface area contributed by atoms with Crippen LogP contribution in [0.5, 0.6) is 0 Å². The molecule has 3 heterocycles. The van der Waals surface area contributed by atoms with Gasteiger partial charge in [-0.3, -0.25) is 4.98 Å². The van der Waals surface area contributed by atoms with E-state index in [-0.39, 0.29) is 5.95 Å². The van der Waals surface area contributed by atoms with Gasteiger partial charge in [-0.15, -0.1) is 0 Å². The number of anilines is 1. The molecule has 0 amide bonds. The first-order chi connectivity index (χ1) is 14.8. The van der Waals surface area contributed by atoms with Crippen LogP contribution in [0, 0.1) is 35.2 Å². The van der Waals surface area contributed by atoms with E-state index >= 15 is 0 Å². The Bertz CT molecular complexity index is 1140. The summed E-state index contributed by atoms with van der Waals surface area (Å²) in [4.78, 5) is 13.2. The van der Waals surface area contributed by atoms with Crippen LogP contribution in [0.1, 0.15) is 49.1 Å². The smallest absolute Gasteiger partial charge is 0.223 e. The summed E-state index contributed by atoms with van der Waals surface area (Å²) >= 11 is 8.80. The second-order valence-corrected chi connectivity index (χ2v) is 9.51. The van der Waals surface area contributed by atoms with Gasteiger partial charge in [0.05, 0.1) is 23.2 Å². The molecular weight excluding hydrogens is 523 g/mol. The standard InChI is InChI=1S/C23H28ClIN6/c1-14(2)10-27-9-7-5-6-8-17-12-31(22-19(17)21(24)29-23(26)30-22)13-18-16(4)20(25)15(3)11-28-18/h11-12,14,27H,5,7,9-10,13H2,1-4H3,(H2,26,29,30). The molecule has 0 saturated heterocycles. The molecule has 0 fully saturated rings. The maximum Gasteiger partial charge on any atom is 0.223 e. The molecule has 8 heteroatoms. The maximum absolute atomic E-state index is 6.43. The van der Waals surface area contributed by atoms with Crippen molar-refractivity contribution in [2.24, 2.45) is 5.92 Å². The van der Waals surface area contributed by atoms with Gasteiger partial charge in [0.25, 0.3) is 0 Å². The summed E-state index contributed by atoms with van der Waals surface area (Å²) in [6, 6.07) is 0. The summed E-state index contributed by atoms with van der Waals surface area (Å²) in [7, 11) is 0. The normalized spacial score (nSPS) is 11.2. The highest BCUT2D eigenvalue weighted by Gasteiger charge is 2.16. The van der Waals surface area contributed by atoms with Crippen molar-refractivity contribution in [3.63, 3.8) is 0 Å². The van der Waals surface area contributed by atoms with Crippen LogP contribution in [-0.4, -0.2) is 32.6 Å². The van der Waals surface area contributed by atoms with Crippen LogP contribution in [0.3, 0.4) is 0 Å². The van der Waals surface area contributed by atoms with Gasteiger partial charge in [-0.1, -0.05) is 37.3 Å². The highest BCUT2D eigenvalue weighted by atomic mass is 127. The molecular formula is C23H28ClIN6. The van der Waals surface area contributed by atoms with Crippen molar-refractivity contribution in [1.29, 1.82) is 0 Å². The van der Waals surface area contributed by atoms with Crippen LogP contribution >= 0.6 is 34.2 Å². The Morgan fingerprint density at radius 3 is 2.81 bits per heavy atom. The molecule has 0 aromatic carbocycles. The molecule has 3 aromatic rings. The van der Waals surface area contributed by atoms with Gasteiger partial charge in [0.2, 0.25) is 5.95 Å². The lowest BCUT2D eigenvalue weighted by Crippen LogP contribution is -2.20. The average Bonchev–Trinajstić information content (AvgIpc) is 3.05. The van der Waals surface area contributed by atoms with Gasteiger partial charge < -0.3 is 15.6 Å². The van der Waals surface area contributed by atoms with Gasteiger partial charge in [0.1, 0.15) is 10.8 Å². The Kier molecular flexibility index (Phi) is 8.14. The summed E-state index contributed by atoms with van der Waals surface area (Å²) < 4.78 is 3.23. The van der Waals surface area contributed by atoms with Crippen molar-refractivity contribution in [2.45, 2.75) is 47.1 Å². The quantitative estimate of drug-likeness (QED) is 0.193. The second kappa shape index (κ2) is 10.6. The van der Waals surface area contributed by atoms with E-state index in [4.69, 9.17) is 17.3 Å². The lowest BCUT2D eigenvalue weighted by molar-refractivity contribution is 0.546. The molecule has 0 radical (unpaired) electrons. The number of nitrogens with two attached hydrogens (primary N) is 1. The molecule has 3 aromatic heterocycles. The Hall–Kier alpha value is -1.89. The number of nitrogens with zero attached hydrogens (tertiary/aromatic N) is 4. The zero-order valence-electron chi connectivity index (χ0n) is 18.4. The number of nitrogen functional groups attached to an aromatic ring is 1. The summed E-state index contributed by atoms with van der Waals surface area (Å²) in [6.07, 6.45) is 5.69. The molecule has 0 atom stereocenters. The molecule has 31 heavy (non-hydrogen) atoms. The van der Waals surface area contributed by atoms with Crippen LogP contribution < -0.4 is 11.1 Å². The summed E-state index contributed by atoms with van der Waals surface area (Å²) in [6.45, 7) is 11.1. The number of aromatic nitrogens is 4. The number of pyridine rings is 1. The number of halogens is 2. The molecule has 3 N–H and O–H groups in total. The molecule has 0 saturated carbocycles. The van der Waals surface area contributed by atoms with Gasteiger partial charge in [-0.25, -0.2) is 4.98 Å². The number of unbranched alkanes of at least 4 members (excludes halogenated alkanes) is 1. The van der Waals surface area contributed by atoms with E-state index in [0.717, 1.165) is 48.1 Å². The number of fused-ring (bicyclic) bond motifs is 1. The van der Waals surface area contributed by atoms with E-state index in [1.54, 1.807) is 0 Å². The van der Waals surface area contributed by atoms with E-state index in [0.29, 0.717) is 23.3 Å². The Morgan fingerprint density at radius 1 is 1.29 bits per heavy atom. The monoisotopic (exact) mass is 550 g/mol. The van der Waals surface area contributed by atoms with Gasteiger partial charge >= 0.3 is 0 Å². The van der Waals surface area contributed by atoms with Crippen LogP contribution in [0.15, 0.2) is 12.4 Å². The van der Waals surface area contributed by atoms with Crippen molar-refractivity contribution in [1.82, 2.24) is 24.8 Å². The largest absolute Gasteiger partial charge is 0.368 e. The first kappa shape index (κ1) is 23.8. The molecule has 0 aliphatic heterocycles. The van der Waals surface area contributed by atoms with Gasteiger partial charge in [-0.05, 0) is 73.0 Å². The summed E-state index contributed by atoms with van der Waals surface area (Å²) in [5.41, 5.74) is 10.7. The van der Waals surface area contributed by atoms with Crippen molar-refractivity contribution >= 4 is 51.2 Å². The predicted molar refractivity (Wildman–Crippen MR) is 136 cm³/mol. The fourth-order valence-electron chi connectivity index (χ4n) is 3.30. The molecule has 164 valence electrons. The second-order valence-electron chi connectivity index (χ2n) is 8.07. The summed E-state index contributed by atoms with van der Waals surface area (Å²) in [5, 5.41) is 4.50.